The lowest BCUT2D eigenvalue weighted by Gasteiger charge is -2.12. The fourth-order valence-corrected chi connectivity index (χ4v) is 1.80. The van der Waals surface area contributed by atoms with Crippen LogP contribution in [0, 0.1) is 0 Å². The molecule has 1 aromatic heterocycles. The van der Waals surface area contributed by atoms with Crippen LogP contribution in [0.1, 0.15) is 24.3 Å². The Morgan fingerprint density at radius 2 is 2.00 bits per heavy atom. The molecule has 2 rings (SSSR count). The zero-order valence-electron chi connectivity index (χ0n) is 11.6. The van der Waals surface area contributed by atoms with E-state index in [0.29, 0.717) is 5.75 Å². The number of nitrogens with one attached hydrogen (secondary N) is 1. The number of nitrogens with zero attached hydrogens (tertiary/aromatic N) is 1. The van der Waals surface area contributed by atoms with Gasteiger partial charge >= 0.3 is 0 Å². The molecular weight excluding hydrogens is 252 g/mol. The Hall–Kier alpha value is -1.91. The number of pyridine rings is 1. The van der Waals surface area contributed by atoms with Crippen molar-refractivity contribution in [3.8, 4) is 5.75 Å². The number of ether oxygens (including phenoxy) is 1. The third-order valence-electron chi connectivity index (χ3n) is 2.95. The summed E-state index contributed by atoms with van der Waals surface area (Å²) in [4.78, 5) is 4.30. The molecular formula is C16H20N2O2. The van der Waals surface area contributed by atoms with Crippen LogP contribution >= 0.6 is 0 Å². The van der Waals surface area contributed by atoms with Crippen molar-refractivity contribution in [3.05, 3.63) is 59.9 Å². The van der Waals surface area contributed by atoms with Crippen molar-refractivity contribution in [2.24, 2.45) is 0 Å². The van der Waals surface area contributed by atoms with Gasteiger partial charge in [-0.2, -0.15) is 0 Å². The predicted octanol–water partition coefficient (Wildman–Crippen LogP) is 2.30. The van der Waals surface area contributed by atoms with E-state index in [-0.39, 0.29) is 6.61 Å². The van der Waals surface area contributed by atoms with E-state index >= 15 is 0 Å². The molecule has 106 valence electrons. The molecule has 20 heavy (non-hydrogen) atoms. The molecule has 0 amide bonds. The smallest absolute Gasteiger partial charge is 0.137 e. The number of benzene rings is 1. The summed E-state index contributed by atoms with van der Waals surface area (Å²) >= 11 is 0. The summed E-state index contributed by atoms with van der Waals surface area (Å²) in [7, 11) is 0. The van der Waals surface area contributed by atoms with E-state index < -0.39 is 6.10 Å². The zero-order chi connectivity index (χ0) is 14.2. The summed E-state index contributed by atoms with van der Waals surface area (Å²) in [6.45, 7) is 3.95. The van der Waals surface area contributed by atoms with E-state index in [0.717, 1.165) is 24.3 Å². The Balaban J connectivity index is 1.84. The molecule has 0 aliphatic carbocycles. The SMILES string of the molecule is CCNCc1ccc(OCC(O)c2ccccc2)cn1. The summed E-state index contributed by atoms with van der Waals surface area (Å²) in [5.41, 5.74) is 1.83. The van der Waals surface area contributed by atoms with Gasteiger partial charge in [-0.3, -0.25) is 4.98 Å². The highest BCUT2D eigenvalue weighted by atomic mass is 16.5. The fourth-order valence-electron chi connectivity index (χ4n) is 1.80. The molecule has 1 heterocycles. The van der Waals surface area contributed by atoms with Crippen LogP contribution in [0.15, 0.2) is 48.7 Å². The van der Waals surface area contributed by atoms with Crippen LogP contribution in [0.4, 0.5) is 0 Å². The molecule has 0 aliphatic heterocycles. The minimum atomic E-state index is -0.627. The number of hydrogen-bond acceptors (Lipinski definition) is 4. The fraction of sp³-hybridized carbons (Fsp3) is 0.312. The quantitative estimate of drug-likeness (QED) is 0.812. The van der Waals surface area contributed by atoms with Gasteiger partial charge in [0, 0.05) is 6.54 Å². The Kier molecular flexibility index (Phi) is 5.53. The first-order chi connectivity index (χ1) is 9.79. The Labute approximate surface area is 119 Å². The molecule has 0 bridgehead atoms. The van der Waals surface area contributed by atoms with Gasteiger partial charge in [-0.25, -0.2) is 0 Å². The lowest BCUT2D eigenvalue weighted by molar-refractivity contribution is 0.108. The van der Waals surface area contributed by atoms with E-state index in [2.05, 4.69) is 17.2 Å². The van der Waals surface area contributed by atoms with Gasteiger partial charge in [0.1, 0.15) is 18.5 Å². The highest BCUT2D eigenvalue weighted by molar-refractivity contribution is 5.21. The minimum Gasteiger partial charge on any atom is -0.489 e. The molecule has 4 nitrogen and oxygen atoms in total. The van der Waals surface area contributed by atoms with E-state index in [4.69, 9.17) is 4.74 Å². The molecule has 2 aromatic rings. The minimum absolute atomic E-state index is 0.220. The van der Waals surface area contributed by atoms with E-state index in [1.165, 1.54) is 0 Å². The molecule has 1 atom stereocenters. The van der Waals surface area contributed by atoms with Gasteiger partial charge in [0.05, 0.1) is 11.9 Å². The Morgan fingerprint density at radius 1 is 1.20 bits per heavy atom. The van der Waals surface area contributed by atoms with Crippen LogP contribution in [0.25, 0.3) is 0 Å². The van der Waals surface area contributed by atoms with Crippen LogP contribution in [0.3, 0.4) is 0 Å². The molecule has 0 spiro atoms. The molecule has 4 heteroatoms. The van der Waals surface area contributed by atoms with Gasteiger partial charge in [0.15, 0.2) is 0 Å². The maximum atomic E-state index is 10.00. The molecule has 0 aliphatic rings. The zero-order valence-corrected chi connectivity index (χ0v) is 11.6. The van der Waals surface area contributed by atoms with Crippen molar-refractivity contribution in [3.63, 3.8) is 0 Å². The first-order valence-corrected chi connectivity index (χ1v) is 6.81. The highest BCUT2D eigenvalue weighted by Gasteiger charge is 2.07. The van der Waals surface area contributed by atoms with Gasteiger partial charge in [-0.05, 0) is 24.2 Å². The van der Waals surface area contributed by atoms with E-state index in [1.54, 1.807) is 6.20 Å². The van der Waals surface area contributed by atoms with Gasteiger partial charge in [-0.15, -0.1) is 0 Å². The van der Waals surface area contributed by atoms with Crippen LogP contribution in [0.5, 0.6) is 5.75 Å². The first kappa shape index (κ1) is 14.5. The average molecular weight is 272 g/mol. The molecule has 0 radical (unpaired) electrons. The third kappa shape index (κ3) is 4.33. The second kappa shape index (κ2) is 7.62. The predicted molar refractivity (Wildman–Crippen MR) is 78.5 cm³/mol. The summed E-state index contributed by atoms with van der Waals surface area (Å²) in [6, 6.07) is 13.3. The summed E-state index contributed by atoms with van der Waals surface area (Å²) in [5.74, 6) is 0.667. The second-order valence-electron chi connectivity index (χ2n) is 4.50. The van der Waals surface area contributed by atoms with Crippen molar-refractivity contribution in [1.29, 1.82) is 0 Å². The van der Waals surface area contributed by atoms with Crippen LogP contribution in [-0.2, 0) is 6.54 Å². The number of aliphatic hydroxyl groups is 1. The molecule has 0 saturated carbocycles. The molecule has 2 N–H and O–H groups in total. The van der Waals surface area contributed by atoms with E-state index in [1.807, 2.05) is 42.5 Å². The average Bonchev–Trinajstić information content (AvgIpc) is 2.52. The number of hydrogen-bond donors (Lipinski definition) is 2. The maximum absolute atomic E-state index is 10.00. The molecule has 0 saturated heterocycles. The van der Waals surface area contributed by atoms with Gasteiger partial charge in [0.2, 0.25) is 0 Å². The normalized spacial score (nSPS) is 12.1. The Morgan fingerprint density at radius 3 is 2.65 bits per heavy atom. The highest BCUT2D eigenvalue weighted by Crippen LogP contribution is 2.15. The van der Waals surface area contributed by atoms with Crippen molar-refractivity contribution in [2.75, 3.05) is 13.2 Å². The maximum Gasteiger partial charge on any atom is 0.137 e. The largest absolute Gasteiger partial charge is 0.489 e. The molecule has 1 unspecified atom stereocenters. The van der Waals surface area contributed by atoms with Crippen molar-refractivity contribution in [1.82, 2.24) is 10.3 Å². The van der Waals surface area contributed by atoms with Gasteiger partial charge in [0.25, 0.3) is 0 Å². The standard InChI is InChI=1S/C16H20N2O2/c1-2-17-10-14-8-9-15(11-18-14)20-12-16(19)13-6-4-3-5-7-13/h3-9,11,16-17,19H,2,10,12H2,1H3. The molecule has 1 aromatic carbocycles. The second-order valence-corrected chi connectivity index (χ2v) is 4.50. The number of aliphatic hydroxyl groups excluding tert-OH is 1. The third-order valence-corrected chi connectivity index (χ3v) is 2.95. The van der Waals surface area contributed by atoms with Crippen molar-refractivity contribution in [2.45, 2.75) is 19.6 Å². The summed E-state index contributed by atoms with van der Waals surface area (Å²) in [6.07, 6.45) is 1.06. The monoisotopic (exact) mass is 272 g/mol. The van der Waals surface area contributed by atoms with Crippen LogP contribution < -0.4 is 10.1 Å². The first-order valence-electron chi connectivity index (χ1n) is 6.81. The van der Waals surface area contributed by atoms with Gasteiger partial charge < -0.3 is 15.2 Å². The topological polar surface area (TPSA) is 54.4 Å². The van der Waals surface area contributed by atoms with Crippen LogP contribution in [0.2, 0.25) is 0 Å². The van der Waals surface area contributed by atoms with Crippen molar-refractivity contribution >= 4 is 0 Å². The summed E-state index contributed by atoms with van der Waals surface area (Å²) < 4.78 is 5.55. The summed E-state index contributed by atoms with van der Waals surface area (Å²) in [5, 5.41) is 13.2. The van der Waals surface area contributed by atoms with Crippen molar-refractivity contribution < 1.29 is 9.84 Å². The van der Waals surface area contributed by atoms with E-state index in [9.17, 15) is 5.11 Å². The molecule has 0 fully saturated rings. The van der Waals surface area contributed by atoms with Crippen LogP contribution in [-0.4, -0.2) is 23.2 Å². The Bertz CT molecular complexity index is 500. The lowest BCUT2D eigenvalue weighted by Crippen LogP contribution is -2.13. The van der Waals surface area contributed by atoms with Gasteiger partial charge in [-0.1, -0.05) is 37.3 Å². The number of aromatic nitrogens is 1. The number of rotatable bonds is 7. The lowest BCUT2D eigenvalue weighted by atomic mass is 10.1.